The first kappa shape index (κ1) is 62.6. The number of H-pyrrole nitrogens is 1. The van der Waals surface area contributed by atoms with Gasteiger partial charge in [0.1, 0.15) is 41.1 Å². The van der Waals surface area contributed by atoms with Gasteiger partial charge in [-0.15, -0.1) is 0 Å². The molecule has 15 nitrogen and oxygen atoms in total. The molecule has 3 aliphatic heterocycles. The van der Waals surface area contributed by atoms with E-state index in [0.29, 0.717) is 67.8 Å². The fourth-order valence-corrected chi connectivity index (χ4v) is 16.1. The molecule has 0 amide bonds. The second kappa shape index (κ2) is 26.8. The molecule has 478 valence electrons. The Balaban J connectivity index is 0.993. The third-order valence-electron chi connectivity index (χ3n) is 20.2. The summed E-state index contributed by atoms with van der Waals surface area (Å²) in [5.41, 5.74) is 12.6. The van der Waals surface area contributed by atoms with Crippen molar-refractivity contribution < 1.29 is 49.6 Å². The number of aromatic amines is 1. The molecule has 10 unspecified atom stereocenters. The van der Waals surface area contributed by atoms with Crippen LogP contribution in [0.15, 0.2) is 115 Å². The number of aliphatic hydroxyl groups excluding tert-OH is 3. The minimum Gasteiger partial charge on any atom is -0.507 e. The number of aryl methyl sites for hydroxylation is 1. The minimum atomic E-state index is -1.35. The van der Waals surface area contributed by atoms with Gasteiger partial charge in [-0.1, -0.05) is 92.4 Å². The van der Waals surface area contributed by atoms with Gasteiger partial charge in [0.2, 0.25) is 0 Å². The van der Waals surface area contributed by atoms with E-state index in [4.69, 9.17) is 18.9 Å². The maximum Gasteiger partial charge on any atom is 0.162 e. The second-order valence-electron chi connectivity index (χ2n) is 27.1. The lowest BCUT2D eigenvalue weighted by Crippen LogP contribution is -2.62. The maximum atomic E-state index is 12.6. The number of ether oxygens (including phenoxy) is 4. The number of aromatic hydroxyl groups is 2. The average Bonchev–Trinajstić information content (AvgIpc) is 0.917. The Morgan fingerprint density at radius 1 is 0.813 bits per heavy atom. The van der Waals surface area contributed by atoms with Crippen molar-refractivity contribution in [3.63, 3.8) is 0 Å². The lowest BCUT2D eigenvalue weighted by molar-refractivity contribution is -0.141. The van der Waals surface area contributed by atoms with E-state index in [0.717, 1.165) is 93.2 Å². The molecule has 3 aliphatic carbocycles. The fourth-order valence-electron chi connectivity index (χ4n) is 16.1. The molecule has 13 rings (SSSR count). The Kier molecular flexibility index (Phi) is 18.4. The van der Waals surface area contributed by atoms with Crippen LogP contribution in [0.2, 0.25) is 0 Å². The van der Waals surface area contributed by atoms with Gasteiger partial charge in [-0.25, -0.2) is 0 Å². The Bertz CT molecular complexity index is 3870. The average molecular weight is 1230 g/mol. The number of phenolic OH excluding ortho intramolecular Hbond substituents is 2. The van der Waals surface area contributed by atoms with Crippen LogP contribution in [0.1, 0.15) is 150 Å². The lowest BCUT2D eigenvalue weighted by Gasteiger charge is -2.50. The van der Waals surface area contributed by atoms with Crippen LogP contribution >= 0.6 is 0 Å². The highest BCUT2D eigenvalue weighted by Gasteiger charge is 2.55. The molecule has 11 N–H and O–H groups in total. The zero-order valence-corrected chi connectivity index (χ0v) is 52.9. The molecule has 6 aromatic carbocycles. The summed E-state index contributed by atoms with van der Waals surface area (Å²) in [6.07, 6.45) is 8.59. The van der Waals surface area contributed by atoms with E-state index in [2.05, 4.69) is 131 Å². The number of hydrogen-bond donors (Lipinski definition) is 11. The first-order valence-electron chi connectivity index (χ1n) is 33.1. The quantitative estimate of drug-likeness (QED) is 0.0173. The van der Waals surface area contributed by atoms with Crippen LogP contribution in [0.4, 0.5) is 0 Å². The van der Waals surface area contributed by atoms with E-state index in [1.54, 1.807) is 0 Å². The normalized spacial score (nSPS) is 24.3. The third kappa shape index (κ3) is 12.4. The summed E-state index contributed by atoms with van der Waals surface area (Å²) < 4.78 is 29.3. The van der Waals surface area contributed by atoms with Crippen molar-refractivity contribution >= 4 is 17.0 Å². The Labute approximate surface area is 534 Å². The van der Waals surface area contributed by atoms with Crippen molar-refractivity contribution in [3.05, 3.63) is 176 Å². The van der Waals surface area contributed by atoms with Crippen molar-refractivity contribution in [3.8, 4) is 51.7 Å². The summed E-state index contributed by atoms with van der Waals surface area (Å²) in [6.45, 7) is 7.64. The van der Waals surface area contributed by atoms with Crippen molar-refractivity contribution in [2.24, 2.45) is 5.92 Å². The van der Waals surface area contributed by atoms with E-state index in [1.807, 2.05) is 50.5 Å². The van der Waals surface area contributed by atoms with Gasteiger partial charge in [0.05, 0.1) is 25.5 Å². The van der Waals surface area contributed by atoms with Crippen LogP contribution in [-0.2, 0) is 36.8 Å². The van der Waals surface area contributed by atoms with Crippen LogP contribution in [0.3, 0.4) is 0 Å². The molecule has 1 aromatic heterocycles. The van der Waals surface area contributed by atoms with Gasteiger partial charge in [0, 0.05) is 85.0 Å². The van der Waals surface area contributed by atoms with Crippen molar-refractivity contribution in [2.45, 2.75) is 151 Å². The molecule has 0 saturated carbocycles. The molecule has 0 saturated heterocycles. The van der Waals surface area contributed by atoms with E-state index in [1.165, 1.54) is 16.7 Å². The number of aromatic nitrogens is 1. The molecule has 0 spiro atoms. The Hall–Kier alpha value is -7.20. The van der Waals surface area contributed by atoms with Crippen LogP contribution in [0.5, 0.6) is 28.7 Å². The Morgan fingerprint density at radius 2 is 1.62 bits per heavy atom. The first-order valence-corrected chi connectivity index (χ1v) is 33.1. The molecule has 91 heavy (non-hydrogen) atoms. The smallest absolute Gasteiger partial charge is 0.162 e. The highest BCUT2D eigenvalue weighted by Crippen LogP contribution is 2.62. The number of phenols is 2. The minimum absolute atomic E-state index is 0.00662. The van der Waals surface area contributed by atoms with E-state index < -0.39 is 35.6 Å². The van der Waals surface area contributed by atoms with E-state index in [-0.39, 0.29) is 92.9 Å². The number of hydrogen-bond acceptors (Lipinski definition) is 14. The maximum absolute atomic E-state index is 12.6. The zero-order chi connectivity index (χ0) is 63.0. The van der Waals surface area contributed by atoms with E-state index in [9.17, 15) is 30.6 Å². The summed E-state index contributed by atoms with van der Waals surface area (Å²) in [7, 11) is 1.86. The summed E-state index contributed by atoms with van der Waals surface area (Å²) in [6, 6.07) is 34.7. The van der Waals surface area contributed by atoms with Gasteiger partial charge < -0.3 is 65.2 Å². The molecule has 0 fully saturated rings. The molecule has 4 heterocycles. The van der Waals surface area contributed by atoms with Gasteiger partial charge in [0.15, 0.2) is 17.6 Å². The van der Waals surface area contributed by atoms with Gasteiger partial charge in [-0.3, -0.25) is 10.6 Å². The predicted molar refractivity (Wildman–Crippen MR) is 355 cm³/mol. The summed E-state index contributed by atoms with van der Waals surface area (Å²) in [4.78, 5) is 3.42. The molecule has 15 heteroatoms. The number of aliphatic hydroxyl groups is 4. The van der Waals surface area contributed by atoms with Crippen molar-refractivity contribution in [2.75, 3.05) is 59.9 Å². The first-order chi connectivity index (χ1) is 44.3. The SMILES string of the molecule is CNCOC12Cc3c4c(c5c(c3OC1c1cc(CC3CCC(CO)c6ccccc63)c(O)c(c1)OC(CO)CC#CC2NCNCC(C)(O)CC(C)C)CCC(CO)O5)-c1ccc(O)c2c1C(C4)C(c1ccc3[nH]ccc3c1)C(CNCCCc1ccccc1)=C2. The van der Waals surface area contributed by atoms with Gasteiger partial charge in [-0.05, 0) is 200 Å². The Morgan fingerprint density at radius 3 is 2.41 bits per heavy atom. The number of nitrogens with one attached hydrogen (secondary N) is 5. The topological polar surface area (TPSA) is 222 Å². The van der Waals surface area contributed by atoms with Crippen LogP contribution in [0, 0.1) is 17.8 Å². The summed E-state index contributed by atoms with van der Waals surface area (Å²) in [5, 5.41) is 84.5. The van der Waals surface area contributed by atoms with Gasteiger partial charge in [-0.2, -0.15) is 0 Å². The highest BCUT2D eigenvalue weighted by molar-refractivity contribution is 5.90. The third-order valence-corrected chi connectivity index (χ3v) is 20.2. The summed E-state index contributed by atoms with van der Waals surface area (Å²) >= 11 is 0. The fraction of sp³-hybridized carbons (Fsp3) is 0.447. The standard InChI is InChI=1S/C76H89N5O10/c1-45(2)36-75(3,87)42-79-43-81-67-18-10-15-54(40-83)89-66-34-52(32-51(71(66)86)30-47-19-20-50(39-82)57-17-9-8-16-56(47)57)74-76(67,88-44-77-4)37-63-60-35-62-68(49-21-25-64-48(31-49)27-29-80-64)53(38-78-28-11-14-46-12-6-5-7-13-46)33-61-65(85)26-24-58(69(61)62)70(60)73-59(72(63)91-74)23-22-55(41-84)90-73/h5-9,12-13,16-17,21,24-27,29,31-34,45,47,50,54-55,62,67-68,74,77-87H,11,14-15,19-20,22-23,28,30,35-44H2,1-4H3. The molecular formula is C76H89N5O10. The van der Waals surface area contributed by atoms with Gasteiger partial charge >= 0.3 is 0 Å². The lowest BCUT2D eigenvalue weighted by atomic mass is 9.62. The number of rotatable bonds is 22. The van der Waals surface area contributed by atoms with E-state index >= 15 is 0 Å². The van der Waals surface area contributed by atoms with Gasteiger partial charge in [0.25, 0.3) is 0 Å². The second-order valence-corrected chi connectivity index (χ2v) is 27.1. The molecule has 6 aliphatic rings. The van der Waals surface area contributed by atoms with Crippen LogP contribution in [-0.4, -0.2) is 125 Å². The number of fused-ring (bicyclic) bond motifs is 13. The van der Waals surface area contributed by atoms with Crippen LogP contribution in [0.25, 0.3) is 28.1 Å². The molecule has 0 radical (unpaired) electrons. The highest BCUT2D eigenvalue weighted by atomic mass is 16.6. The molecule has 10 atom stereocenters. The largest absolute Gasteiger partial charge is 0.507 e. The van der Waals surface area contributed by atoms with Crippen molar-refractivity contribution in [1.29, 1.82) is 0 Å². The summed E-state index contributed by atoms with van der Waals surface area (Å²) in [5.74, 6) is 8.83. The number of benzene rings is 6. The predicted octanol–water partition coefficient (Wildman–Crippen LogP) is 10.2. The van der Waals surface area contributed by atoms with Crippen LogP contribution < -0.4 is 35.5 Å². The van der Waals surface area contributed by atoms with Crippen molar-refractivity contribution in [1.82, 2.24) is 26.3 Å². The molecule has 7 aromatic rings. The molecular weight excluding hydrogens is 1140 g/mol. The monoisotopic (exact) mass is 1230 g/mol. The molecule has 2 bridgehead atoms. The zero-order valence-electron chi connectivity index (χ0n) is 52.9.